The van der Waals surface area contributed by atoms with Gasteiger partial charge in [0.1, 0.15) is 0 Å². The number of amidine groups is 1. The van der Waals surface area contributed by atoms with Crippen molar-refractivity contribution in [3.63, 3.8) is 0 Å². The van der Waals surface area contributed by atoms with Crippen LogP contribution in [0.4, 0.5) is 0 Å². The highest BCUT2D eigenvalue weighted by Crippen LogP contribution is 2.09. The van der Waals surface area contributed by atoms with Gasteiger partial charge in [-0.2, -0.15) is 16.8 Å². The third-order valence-electron chi connectivity index (χ3n) is 1.08. The highest BCUT2D eigenvalue weighted by atomic mass is 32.2. The molecule has 1 N–H and O–H groups in total. The molecule has 0 aromatic heterocycles. The third kappa shape index (κ3) is 2.86. The molecule has 1 fully saturated rings. The van der Waals surface area contributed by atoms with E-state index < -0.39 is 0 Å². The van der Waals surface area contributed by atoms with Crippen molar-refractivity contribution in [2.24, 2.45) is 4.99 Å². The average Bonchev–Trinajstić information content (AvgIpc) is 2.36. The van der Waals surface area contributed by atoms with Crippen molar-refractivity contribution in [1.82, 2.24) is 5.32 Å². The molecule has 1 aliphatic rings. The van der Waals surface area contributed by atoms with Crippen LogP contribution in [0.15, 0.2) is 4.99 Å². The molecule has 1 heterocycles. The van der Waals surface area contributed by atoms with Crippen LogP contribution in [0, 0.1) is 0 Å². The number of hydrogen-bond donors (Lipinski definition) is 1. The van der Waals surface area contributed by atoms with Gasteiger partial charge in [0.05, 0.1) is 11.5 Å². The van der Waals surface area contributed by atoms with Gasteiger partial charge in [-0.1, -0.05) is 11.8 Å². The van der Waals surface area contributed by atoms with Crippen LogP contribution in [-0.4, -0.2) is 34.7 Å². The molecular formula is C6H8N2O2S2. The normalized spacial score (nSPS) is 19.8. The van der Waals surface area contributed by atoms with E-state index in [-0.39, 0.29) is 11.8 Å². The summed E-state index contributed by atoms with van der Waals surface area (Å²) >= 11 is 2.68. The monoisotopic (exact) mass is 204 g/mol. The minimum Gasteiger partial charge on any atom is -0.304 e. The number of amides is 2. The van der Waals surface area contributed by atoms with Gasteiger partial charge in [-0.05, 0) is 6.26 Å². The quantitative estimate of drug-likeness (QED) is 0.693. The molecule has 0 spiro atoms. The molecule has 66 valence electrons. The van der Waals surface area contributed by atoms with Gasteiger partial charge in [-0.3, -0.25) is 9.59 Å². The number of nitrogens with one attached hydrogen (secondary N) is 1. The Balaban J connectivity index is 2.46. The minimum absolute atomic E-state index is 0.0873. The smallest absolute Gasteiger partial charge is 0.258 e. The molecule has 12 heavy (non-hydrogen) atoms. The summed E-state index contributed by atoms with van der Waals surface area (Å²) in [4.78, 5) is 25.3. The fraction of sp³-hybridized carbons (Fsp3) is 0.500. The van der Waals surface area contributed by atoms with Crippen molar-refractivity contribution in [2.45, 2.75) is 0 Å². The maximum Gasteiger partial charge on any atom is 0.258 e. The summed E-state index contributed by atoms with van der Waals surface area (Å²) in [6.45, 7) is 0. The molecular weight excluding hydrogens is 196 g/mol. The van der Waals surface area contributed by atoms with Gasteiger partial charge in [-0.25, -0.2) is 0 Å². The molecule has 0 radical (unpaired) electrons. The zero-order valence-electron chi connectivity index (χ0n) is 6.49. The molecule has 0 unspecified atom stereocenters. The summed E-state index contributed by atoms with van der Waals surface area (Å²) in [7, 11) is 0. The lowest BCUT2D eigenvalue weighted by Gasteiger charge is -1.93. The summed E-state index contributed by atoms with van der Waals surface area (Å²) in [5, 5.41) is 2.92. The van der Waals surface area contributed by atoms with Crippen molar-refractivity contribution in [3.8, 4) is 0 Å². The molecule has 0 bridgehead atoms. The van der Waals surface area contributed by atoms with Crippen molar-refractivity contribution >= 4 is 40.5 Å². The van der Waals surface area contributed by atoms with E-state index in [1.807, 2.05) is 6.26 Å². The molecule has 4 nitrogen and oxygen atoms in total. The summed E-state index contributed by atoms with van der Waals surface area (Å²) < 4.78 is 0. The largest absolute Gasteiger partial charge is 0.304 e. The molecule has 1 saturated heterocycles. The topological polar surface area (TPSA) is 58.5 Å². The Morgan fingerprint density at radius 1 is 1.83 bits per heavy atom. The van der Waals surface area contributed by atoms with Crippen LogP contribution in [-0.2, 0) is 9.59 Å². The van der Waals surface area contributed by atoms with Crippen molar-refractivity contribution in [2.75, 3.05) is 17.8 Å². The van der Waals surface area contributed by atoms with Gasteiger partial charge in [0.15, 0.2) is 5.17 Å². The lowest BCUT2D eigenvalue weighted by Crippen LogP contribution is -2.21. The molecule has 0 saturated carbocycles. The Bertz CT molecular complexity index is 240. The lowest BCUT2D eigenvalue weighted by molar-refractivity contribution is -0.116. The number of carbonyl (C=O) groups is 2. The lowest BCUT2D eigenvalue weighted by atomic mass is 10.7. The Morgan fingerprint density at radius 3 is 3.08 bits per heavy atom. The van der Waals surface area contributed by atoms with Crippen molar-refractivity contribution in [1.29, 1.82) is 0 Å². The standard InChI is InChI=1S/C6H8N2O2S2/c1-11-2-4(9)7-6-8-5(10)3-12-6/h2-3H2,1H3,(H,7,8,9,10). The maximum absolute atomic E-state index is 10.9. The Kier molecular flexibility index (Phi) is 3.61. The second-order valence-electron chi connectivity index (χ2n) is 2.08. The zero-order valence-corrected chi connectivity index (χ0v) is 8.13. The maximum atomic E-state index is 10.9. The van der Waals surface area contributed by atoms with Gasteiger partial charge < -0.3 is 5.32 Å². The van der Waals surface area contributed by atoms with Crippen LogP contribution in [0.1, 0.15) is 0 Å². The van der Waals surface area contributed by atoms with E-state index in [9.17, 15) is 9.59 Å². The highest BCUT2D eigenvalue weighted by molar-refractivity contribution is 8.15. The first-order valence-electron chi connectivity index (χ1n) is 3.25. The summed E-state index contributed by atoms with van der Waals surface area (Å²) in [6, 6.07) is 0. The number of hydrogen-bond acceptors (Lipinski definition) is 4. The van der Waals surface area contributed by atoms with E-state index in [1.165, 1.54) is 23.5 Å². The number of rotatable bonds is 2. The molecule has 0 aromatic rings. The SMILES string of the molecule is CSCC(=O)N=C1NC(=O)CS1. The summed E-state index contributed by atoms with van der Waals surface area (Å²) in [5.41, 5.74) is 0. The molecule has 1 rings (SSSR count). The molecule has 1 aliphatic heterocycles. The minimum atomic E-state index is -0.202. The predicted molar refractivity (Wildman–Crippen MR) is 51.4 cm³/mol. The van der Waals surface area contributed by atoms with Crippen molar-refractivity contribution < 1.29 is 9.59 Å². The summed E-state index contributed by atoms with van der Waals surface area (Å²) in [5.74, 6) is 0.439. The number of carbonyl (C=O) groups excluding carboxylic acids is 2. The Labute approximate surface area is 78.6 Å². The van der Waals surface area contributed by atoms with Crippen LogP contribution in [0.3, 0.4) is 0 Å². The van der Waals surface area contributed by atoms with Gasteiger partial charge in [0, 0.05) is 0 Å². The molecule has 0 aliphatic carbocycles. The Hall–Kier alpha value is -0.490. The van der Waals surface area contributed by atoms with E-state index in [2.05, 4.69) is 10.3 Å². The van der Waals surface area contributed by atoms with Crippen LogP contribution in [0.2, 0.25) is 0 Å². The first-order chi connectivity index (χ1) is 5.72. The first kappa shape index (κ1) is 9.60. The second kappa shape index (κ2) is 4.51. The number of aliphatic imine (C=N–C) groups is 1. The van der Waals surface area contributed by atoms with E-state index in [0.29, 0.717) is 16.7 Å². The molecule has 6 heteroatoms. The fourth-order valence-electron chi connectivity index (χ4n) is 0.655. The van der Waals surface area contributed by atoms with Crippen LogP contribution in [0.5, 0.6) is 0 Å². The third-order valence-corrected chi connectivity index (χ3v) is 2.49. The second-order valence-corrected chi connectivity index (χ2v) is 3.91. The highest BCUT2D eigenvalue weighted by Gasteiger charge is 2.17. The molecule has 0 aromatic carbocycles. The average molecular weight is 204 g/mol. The van der Waals surface area contributed by atoms with Gasteiger partial charge in [0.25, 0.3) is 5.91 Å². The fourth-order valence-corrected chi connectivity index (χ4v) is 1.66. The van der Waals surface area contributed by atoms with Gasteiger partial charge in [-0.15, -0.1) is 0 Å². The van der Waals surface area contributed by atoms with E-state index in [0.717, 1.165) is 0 Å². The van der Waals surface area contributed by atoms with Gasteiger partial charge >= 0.3 is 0 Å². The van der Waals surface area contributed by atoms with E-state index >= 15 is 0 Å². The predicted octanol–water partition coefficient (Wildman–Crippen LogP) is 0.0950. The first-order valence-corrected chi connectivity index (χ1v) is 5.63. The molecule has 0 atom stereocenters. The van der Waals surface area contributed by atoms with Crippen LogP contribution >= 0.6 is 23.5 Å². The van der Waals surface area contributed by atoms with E-state index in [4.69, 9.17) is 0 Å². The van der Waals surface area contributed by atoms with Crippen LogP contribution < -0.4 is 5.32 Å². The van der Waals surface area contributed by atoms with Gasteiger partial charge in [0.2, 0.25) is 5.91 Å². The van der Waals surface area contributed by atoms with E-state index in [1.54, 1.807) is 0 Å². The Morgan fingerprint density at radius 2 is 2.58 bits per heavy atom. The number of thioether (sulfide) groups is 2. The van der Waals surface area contributed by atoms with Crippen molar-refractivity contribution in [3.05, 3.63) is 0 Å². The van der Waals surface area contributed by atoms with Crippen LogP contribution in [0.25, 0.3) is 0 Å². The molecule has 2 amide bonds. The summed E-state index contributed by atoms with van der Waals surface area (Å²) in [6.07, 6.45) is 1.83. The zero-order chi connectivity index (χ0) is 8.97. The number of nitrogens with zero attached hydrogens (tertiary/aromatic N) is 1.